The number of benzene rings is 1. The molecular formula is C22H28N4O. The lowest BCUT2D eigenvalue weighted by Crippen LogP contribution is -2.34. The van der Waals surface area contributed by atoms with Gasteiger partial charge in [0.1, 0.15) is 11.6 Å². The molecule has 0 bridgehead atoms. The average molecular weight is 364 g/mol. The van der Waals surface area contributed by atoms with E-state index in [-0.39, 0.29) is 0 Å². The summed E-state index contributed by atoms with van der Waals surface area (Å²) in [5.74, 6) is 1.97. The molecule has 0 unspecified atom stereocenters. The first-order chi connectivity index (χ1) is 13.1. The highest BCUT2D eigenvalue weighted by molar-refractivity contribution is 5.84. The van der Waals surface area contributed by atoms with Crippen LogP contribution in [0, 0.1) is 13.8 Å². The molecule has 0 N–H and O–H groups in total. The fourth-order valence-corrected chi connectivity index (χ4v) is 4.30. The molecule has 1 aliphatic carbocycles. The van der Waals surface area contributed by atoms with Crippen molar-refractivity contribution in [2.75, 3.05) is 19.1 Å². The summed E-state index contributed by atoms with van der Waals surface area (Å²) < 4.78 is 7.61. The summed E-state index contributed by atoms with van der Waals surface area (Å²) in [7, 11) is 3.91. The summed E-state index contributed by atoms with van der Waals surface area (Å²) in [4.78, 5) is 7.26. The van der Waals surface area contributed by atoms with Crippen molar-refractivity contribution in [1.82, 2.24) is 14.6 Å². The van der Waals surface area contributed by atoms with Crippen molar-refractivity contribution in [3.63, 3.8) is 0 Å². The maximum absolute atomic E-state index is 5.60. The Hall–Kier alpha value is -2.56. The Morgan fingerprint density at radius 1 is 1.11 bits per heavy atom. The van der Waals surface area contributed by atoms with Crippen molar-refractivity contribution in [2.24, 2.45) is 0 Å². The molecule has 3 aromatic rings. The molecule has 2 aromatic heterocycles. The number of nitrogens with zero attached hydrogens (tertiary/aromatic N) is 4. The molecule has 1 aliphatic rings. The lowest BCUT2D eigenvalue weighted by atomic mass is 9.94. The Kier molecular flexibility index (Phi) is 4.77. The second kappa shape index (κ2) is 7.22. The number of hydrogen-bond donors (Lipinski definition) is 0. The van der Waals surface area contributed by atoms with Crippen LogP contribution in [-0.4, -0.2) is 34.8 Å². The lowest BCUT2D eigenvalue weighted by molar-refractivity contribution is 0.416. The number of methoxy groups -OCH3 is 1. The van der Waals surface area contributed by atoms with Crippen LogP contribution in [0.5, 0.6) is 5.75 Å². The van der Waals surface area contributed by atoms with E-state index in [4.69, 9.17) is 14.8 Å². The molecule has 142 valence electrons. The van der Waals surface area contributed by atoms with Gasteiger partial charge < -0.3 is 9.64 Å². The Balaban J connectivity index is 1.89. The first-order valence-corrected chi connectivity index (χ1v) is 9.83. The number of fused-ring (bicyclic) bond motifs is 1. The number of anilines is 1. The van der Waals surface area contributed by atoms with Crippen LogP contribution in [0.1, 0.15) is 43.5 Å². The van der Waals surface area contributed by atoms with E-state index in [9.17, 15) is 0 Å². The van der Waals surface area contributed by atoms with Crippen molar-refractivity contribution >= 4 is 11.5 Å². The third-order valence-corrected chi connectivity index (χ3v) is 5.73. The van der Waals surface area contributed by atoms with E-state index >= 15 is 0 Å². The Morgan fingerprint density at radius 2 is 1.85 bits per heavy atom. The van der Waals surface area contributed by atoms with Gasteiger partial charge in [-0.25, -0.2) is 4.98 Å². The monoisotopic (exact) mass is 364 g/mol. The quantitative estimate of drug-likeness (QED) is 0.667. The van der Waals surface area contributed by atoms with Gasteiger partial charge >= 0.3 is 0 Å². The molecule has 2 heterocycles. The molecule has 1 saturated carbocycles. The average Bonchev–Trinajstić information content (AvgIpc) is 3.02. The summed E-state index contributed by atoms with van der Waals surface area (Å²) in [6.07, 6.45) is 6.48. The van der Waals surface area contributed by atoms with E-state index in [1.165, 1.54) is 32.1 Å². The fraction of sp³-hybridized carbons (Fsp3) is 0.455. The van der Waals surface area contributed by atoms with E-state index < -0.39 is 0 Å². The summed E-state index contributed by atoms with van der Waals surface area (Å²) in [6, 6.07) is 10.8. The maximum atomic E-state index is 5.60. The molecule has 4 rings (SSSR count). The molecule has 0 atom stereocenters. The molecule has 0 spiro atoms. The van der Waals surface area contributed by atoms with Crippen molar-refractivity contribution in [1.29, 1.82) is 0 Å². The second-order valence-corrected chi connectivity index (χ2v) is 7.55. The van der Waals surface area contributed by atoms with Crippen LogP contribution in [0.3, 0.4) is 0 Å². The second-order valence-electron chi connectivity index (χ2n) is 7.55. The van der Waals surface area contributed by atoms with Gasteiger partial charge in [0.05, 0.1) is 18.4 Å². The number of aromatic nitrogens is 3. The minimum Gasteiger partial charge on any atom is -0.496 e. The number of rotatable bonds is 4. The van der Waals surface area contributed by atoms with Crippen molar-refractivity contribution in [2.45, 2.75) is 52.0 Å². The van der Waals surface area contributed by atoms with Gasteiger partial charge in [-0.2, -0.15) is 9.61 Å². The van der Waals surface area contributed by atoms with Gasteiger partial charge in [-0.3, -0.25) is 0 Å². The maximum Gasteiger partial charge on any atom is 0.165 e. The largest absolute Gasteiger partial charge is 0.496 e. The zero-order valence-electron chi connectivity index (χ0n) is 16.7. The Labute approximate surface area is 161 Å². The molecule has 1 fully saturated rings. The molecule has 5 heteroatoms. The van der Waals surface area contributed by atoms with Crippen LogP contribution in [0.4, 0.5) is 5.82 Å². The van der Waals surface area contributed by atoms with Crippen molar-refractivity contribution in [3.8, 4) is 16.9 Å². The van der Waals surface area contributed by atoms with E-state index in [2.05, 4.69) is 37.9 Å². The Morgan fingerprint density at radius 3 is 2.59 bits per heavy atom. The number of para-hydroxylation sites is 1. The van der Waals surface area contributed by atoms with Gasteiger partial charge in [-0.1, -0.05) is 37.5 Å². The van der Waals surface area contributed by atoms with E-state index in [1.807, 2.05) is 22.7 Å². The predicted octanol–water partition coefficient (Wildman–Crippen LogP) is 4.79. The summed E-state index contributed by atoms with van der Waals surface area (Å²) >= 11 is 0. The minimum absolute atomic E-state index is 0.572. The smallest absolute Gasteiger partial charge is 0.165 e. The lowest BCUT2D eigenvalue weighted by Gasteiger charge is -2.33. The number of ether oxygens (including phenoxy) is 1. The van der Waals surface area contributed by atoms with Gasteiger partial charge in [0.25, 0.3) is 0 Å². The first-order valence-electron chi connectivity index (χ1n) is 9.83. The Bertz CT molecular complexity index is 956. The van der Waals surface area contributed by atoms with Crippen molar-refractivity contribution < 1.29 is 4.74 Å². The normalized spacial score (nSPS) is 15.3. The van der Waals surface area contributed by atoms with Crippen LogP contribution in [0.2, 0.25) is 0 Å². The summed E-state index contributed by atoms with van der Waals surface area (Å²) in [5.41, 5.74) is 4.97. The van der Waals surface area contributed by atoms with Crippen LogP contribution < -0.4 is 9.64 Å². The molecule has 0 aliphatic heterocycles. The van der Waals surface area contributed by atoms with E-state index in [0.29, 0.717) is 6.04 Å². The highest BCUT2D eigenvalue weighted by Gasteiger charge is 2.24. The van der Waals surface area contributed by atoms with Crippen LogP contribution in [0.25, 0.3) is 16.8 Å². The van der Waals surface area contributed by atoms with Gasteiger partial charge in [-0.15, -0.1) is 0 Å². The van der Waals surface area contributed by atoms with Gasteiger partial charge in [0, 0.05) is 30.4 Å². The van der Waals surface area contributed by atoms with E-state index in [0.717, 1.165) is 39.7 Å². The predicted molar refractivity (Wildman–Crippen MR) is 110 cm³/mol. The zero-order chi connectivity index (χ0) is 19.0. The third kappa shape index (κ3) is 3.15. The standard InChI is InChI=1S/C22H28N4O/c1-15-14-20(25(3)17-10-6-5-7-11-17)26-22(23-15)21(16(2)24-26)18-12-8-9-13-19(18)27-4/h8-9,12-14,17H,5-7,10-11H2,1-4H3. The van der Waals surface area contributed by atoms with E-state index in [1.54, 1.807) is 7.11 Å². The molecule has 0 saturated heterocycles. The number of aryl methyl sites for hydroxylation is 2. The first kappa shape index (κ1) is 17.8. The highest BCUT2D eigenvalue weighted by Crippen LogP contribution is 2.36. The number of hydrogen-bond acceptors (Lipinski definition) is 4. The SMILES string of the molecule is COc1ccccc1-c1c(C)nn2c(N(C)C3CCCCC3)cc(C)nc12. The van der Waals surface area contributed by atoms with Gasteiger partial charge in [0.2, 0.25) is 0 Å². The fourth-order valence-electron chi connectivity index (χ4n) is 4.30. The minimum atomic E-state index is 0.572. The van der Waals surface area contributed by atoms with Crippen LogP contribution >= 0.6 is 0 Å². The zero-order valence-corrected chi connectivity index (χ0v) is 16.7. The van der Waals surface area contributed by atoms with Crippen LogP contribution in [0.15, 0.2) is 30.3 Å². The van der Waals surface area contributed by atoms with Gasteiger partial charge in [0.15, 0.2) is 5.65 Å². The molecule has 0 radical (unpaired) electrons. The summed E-state index contributed by atoms with van der Waals surface area (Å²) in [5, 5.41) is 4.88. The summed E-state index contributed by atoms with van der Waals surface area (Å²) in [6.45, 7) is 4.11. The third-order valence-electron chi connectivity index (χ3n) is 5.73. The van der Waals surface area contributed by atoms with Gasteiger partial charge in [-0.05, 0) is 32.8 Å². The van der Waals surface area contributed by atoms with Crippen LogP contribution in [-0.2, 0) is 0 Å². The molecule has 1 aromatic carbocycles. The molecular weight excluding hydrogens is 336 g/mol. The highest BCUT2D eigenvalue weighted by atomic mass is 16.5. The molecule has 27 heavy (non-hydrogen) atoms. The molecule has 0 amide bonds. The topological polar surface area (TPSA) is 42.7 Å². The van der Waals surface area contributed by atoms with Crippen molar-refractivity contribution in [3.05, 3.63) is 41.7 Å². The molecule has 5 nitrogen and oxygen atoms in total.